The Morgan fingerprint density at radius 1 is 1.25 bits per heavy atom. The average molecular weight is 188 g/mol. The largest absolute Gasteiger partial charge is 2.00 e. The molecule has 0 saturated heterocycles. The summed E-state index contributed by atoms with van der Waals surface area (Å²) in [7, 11) is 0. The third-order valence-electron chi connectivity index (χ3n) is 0.116. The van der Waals surface area contributed by atoms with Crippen molar-refractivity contribution in [1.29, 1.82) is 0 Å². The average Bonchev–Trinajstić information content (AvgIpc) is 1.27. The Morgan fingerprint density at radius 3 is 1.50 bits per heavy atom. The molecule has 0 aromatic carbocycles. The minimum atomic E-state index is -2.65. The Balaban J connectivity index is -0.0000000600. The summed E-state index contributed by atoms with van der Waals surface area (Å²) in [6.45, 7) is 0. The molecule has 0 radical (unpaired) electrons. The summed E-state index contributed by atoms with van der Waals surface area (Å²) in [5.41, 5.74) is 0. The zero-order valence-electron chi connectivity index (χ0n) is 5.64. The molecule has 0 saturated carbocycles. The molecule has 0 atom stereocenters. The van der Waals surface area contributed by atoms with Crippen molar-refractivity contribution in [3.8, 4) is 0 Å². The molecular formula is H4CaO5S2. The van der Waals surface area contributed by atoms with Crippen molar-refractivity contribution in [2.75, 3.05) is 0 Å². The van der Waals surface area contributed by atoms with E-state index in [9.17, 15) is 8.42 Å². The second-order valence-electron chi connectivity index (χ2n) is 0.502. The van der Waals surface area contributed by atoms with E-state index in [1.165, 1.54) is 0 Å². The van der Waals surface area contributed by atoms with Gasteiger partial charge in [-0.2, -0.15) is 8.42 Å². The Kier molecular flexibility index (Phi) is 9.96. The van der Waals surface area contributed by atoms with Gasteiger partial charge in [0, 0.05) is 0 Å². The van der Waals surface area contributed by atoms with Gasteiger partial charge in [-0.3, -0.25) is 9.11 Å². The molecule has 0 rings (SSSR count). The van der Waals surface area contributed by atoms with E-state index in [1.807, 2.05) is 0 Å². The van der Waals surface area contributed by atoms with Crippen LogP contribution >= 0.6 is 0 Å². The molecule has 0 aromatic heterocycles. The van der Waals surface area contributed by atoms with Crippen LogP contribution in [0.2, 0.25) is 0 Å². The molecule has 0 aliphatic heterocycles. The van der Waals surface area contributed by atoms with Crippen LogP contribution in [0.1, 0.15) is 2.85 Å². The van der Waals surface area contributed by atoms with E-state index in [2.05, 4.69) is 3.63 Å². The fraction of sp³-hybridized carbons (Fsp3) is 0. The second kappa shape index (κ2) is 6.56. The van der Waals surface area contributed by atoms with Crippen molar-refractivity contribution >= 4 is 60.5 Å². The van der Waals surface area contributed by atoms with Gasteiger partial charge in [-0.1, -0.05) is 0 Å². The first kappa shape index (κ1) is 12.1. The van der Waals surface area contributed by atoms with Gasteiger partial charge >= 0.3 is 60.5 Å². The van der Waals surface area contributed by atoms with E-state index >= 15 is 0 Å². The normalized spacial score (nSPS) is 16.2. The first-order chi connectivity index (χ1) is 3.13. The van der Waals surface area contributed by atoms with Gasteiger partial charge in [0.05, 0.1) is 0 Å². The predicted octanol–water partition coefficient (Wildman–Crippen LogP) is -0.879. The van der Waals surface area contributed by atoms with Crippen molar-refractivity contribution in [3.05, 3.63) is 0 Å². The van der Waals surface area contributed by atoms with Crippen molar-refractivity contribution in [3.63, 3.8) is 0 Å². The first-order valence-electron chi connectivity index (χ1n) is 1.03. The standard InChI is InChI=1S/Ca.H2O5S2.2H/c;1-6(2)5-7(3)4;;/h;(H,1,2)(H,3,4);;/q+2;;2*-1. The Bertz CT molecular complexity index is 93.8. The zero-order valence-corrected chi connectivity index (χ0v) is 7.48. The Labute approximate surface area is 83.7 Å². The SMILES string of the molecule is O=S(O)OS(=O)O.[Ca+2].[H-].[H-]. The molecule has 0 aliphatic carbocycles. The van der Waals surface area contributed by atoms with Crippen molar-refractivity contribution < 1.29 is 24.0 Å². The molecule has 0 spiro atoms. The Hall–Kier alpha value is 1.44. The first-order valence-corrected chi connectivity index (χ1v) is 3.10. The minimum absolute atomic E-state index is 0. The van der Waals surface area contributed by atoms with Crippen LogP contribution in [-0.4, -0.2) is 55.3 Å². The van der Waals surface area contributed by atoms with Crippen LogP contribution in [0.15, 0.2) is 0 Å². The monoisotopic (exact) mass is 188 g/mol. The fourth-order valence-electron chi connectivity index (χ4n) is 0.0498. The van der Waals surface area contributed by atoms with Gasteiger partial charge in [0.15, 0.2) is 0 Å². The number of rotatable bonds is 2. The second-order valence-corrected chi connectivity index (χ2v) is 1.92. The maximum Gasteiger partial charge on any atom is 2.00 e. The van der Waals surface area contributed by atoms with Gasteiger partial charge < -0.3 is 2.85 Å². The summed E-state index contributed by atoms with van der Waals surface area (Å²) in [6, 6.07) is 0. The fourth-order valence-corrected chi connectivity index (χ4v) is 0.448. The smallest absolute Gasteiger partial charge is 1.00 e. The maximum absolute atomic E-state index is 9.35. The van der Waals surface area contributed by atoms with Crippen LogP contribution in [0.25, 0.3) is 0 Å². The van der Waals surface area contributed by atoms with Crippen LogP contribution in [-0.2, 0) is 26.4 Å². The predicted molar refractivity (Wildman–Crippen MR) is 30.6 cm³/mol. The van der Waals surface area contributed by atoms with Crippen LogP contribution < -0.4 is 0 Å². The van der Waals surface area contributed by atoms with E-state index in [0.29, 0.717) is 0 Å². The summed E-state index contributed by atoms with van der Waals surface area (Å²) in [5.74, 6) is 0. The molecule has 0 bridgehead atoms. The molecule has 0 unspecified atom stereocenters. The van der Waals surface area contributed by atoms with E-state index in [0.717, 1.165) is 0 Å². The molecule has 8 heteroatoms. The molecule has 48 valence electrons. The van der Waals surface area contributed by atoms with Gasteiger partial charge in [0.25, 0.3) is 0 Å². The summed E-state index contributed by atoms with van der Waals surface area (Å²) < 4.78 is 37.2. The van der Waals surface area contributed by atoms with Gasteiger partial charge in [-0.25, -0.2) is 0 Å². The van der Waals surface area contributed by atoms with Gasteiger partial charge in [-0.15, -0.1) is 3.63 Å². The zero-order chi connectivity index (χ0) is 5.86. The third kappa shape index (κ3) is 10.4. The number of hydrogen-bond acceptors (Lipinski definition) is 3. The van der Waals surface area contributed by atoms with Crippen molar-refractivity contribution in [2.24, 2.45) is 0 Å². The quantitative estimate of drug-likeness (QED) is 0.434. The van der Waals surface area contributed by atoms with Crippen molar-refractivity contribution in [2.45, 2.75) is 0 Å². The summed E-state index contributed by atoms with van der Waals surface area (Å²) in [4.78, 5) is 0. The van der Waals surface area contributed by atoms with E-state index in [-0.39, 0.29) is 40.6 Å². The number of hydrogen-bond donors (Lipinski definition) is 2. The molecule has 8 heavy (non-hydrogen) atoms. The summed E-state index contributed by atoms with van der Waals surface area (Å²) in [6.07, 6.45) is 0. The molecular weight excluding hydrogens is 184 g/mol. The minimum Gasteiger partial charge on any atom is -1.00 e. The van der Waals surface area contributed by atoms with Gasteiger partial charge in [0.2, 0.25) is 0 Å². The molecule has 0 fully saturated rings. The van der Waals surface area contributed by atoms with Crippen molar-refractivity contribution in [1.82, 2.24) is 0 Å². The maximum atomic E-state index is 9.35. The Morgan fingerprint density at radius 2 is 1.50 bits per heavy atom. The van der Waals surface area contributed by atoms with E-state index in [4.69, 9.17) is 9.11 Å². The topological polar surface area (TPSA) is 83.8 Å². The molecule has 0 heterocycles. The summed E-state index contributed by atoms with van der Waals surface area (Å²) >= 11 is -5.29. The van der Waals surface area contributed by atoms with Crippen LogP contribution in [0.5, 0.6) is 0 Å². The molecule has 2 N–H and O–H groups in total. The van der Waals surface area contributed by atoms with Gasteiger partial charge in [0.1, 0.15) is 0 Å². The van der Waals surface area contributed by atoms with E-state index < -0.39 is 22.7 Å². The molecule has 0 aromatic rings. The van der Waals surface area contributed by atoms with Crippen LogP contribution in [0.3, 0.4) is 0 Å². The third-order valence-corrected chi connectivity index (χ3v) is 1.05. The molecule has 5 nitrogen and oxygen atoms in total. The van der Waals surface area contributed by atoms with Crippen LogP contribution in [0.4, 0.5) is 0 Å². The molecule has 0 aliphatic rings. The summed E-state index contributed by atoms with van der Waals surface area (Å²) in [5, 5.41) is 0. The van der Waals surface area contributed by atoms with Gasteiger partial charge in [-0.05, 0) is 0 Å². The van der Waals surface area contributed by atoms with E-state index in [1.54, 1.807) is 0 Å². The molecule has 0 amide bonds. The van der Waals surface area contributed by atoms with Crippen LogP contribution in [0, 0.1) is 0 Å².